The lowest BCUT2D eigenvalue weighted by molar-refractivity contribution is 0.0902. The second-order valence-corrected chi connectivity index (χ2v) is 7.54. The topological polar surface area (TPSA) is 66.4 Å². The van der Waals surface area contributed by atoms with E-state index < -0.39 is 6.10 Å². The molecule has 2 N–H and O–H groups in total. The third-order valence-corrected chi connectivity index (χ3v) is 4.56. The van der Waals surface area contributed by atoms with Crippen molar-refractivity contribution < 1.29 is 14.7 Å². The summed E-state index contributed by atoms with van der Waals surface area (Å²) in [5.74, 6) is -0.236. The molecule has 0 fully saturated rings. The van der Waals surface area contributed by atoms with Gasteiger partial charge < -0.3 is 10.4 Å². The van der Waals surface area contributed by atoms with Gasteiger partial charge in [0.05, 0.1) is 6.10 Å². The van der Waals surface area contributed by atoms with E-state index in [1.807, 2.05) is 44.2 Å². The highest BCUT2D eigenvalue weighted by Crippen LogP contribution is 2.36. The van der Waals surface area contributed by atoms with E-state index in [2.05, 4.69) is 5.32 Å². The molecule has 0 heterocycles. The van der Waals surface area contributed by atoms with Crippen molar-refractivity contribution in [1.29, 1.82) is 0 Å². The number of carbonyl (C=O) groups excluding carboxylic acids is 2. The fraction of sp³-hybridized carbons (Fsp3) is 0.333. The van der Waals surface area contributed by atoms with Crippen molar-refractivity contribution in [2.75, 3.05) is 6.54 Å². The lowest BCUT2D eigenvalue weighted by Gasteiger charge is -2.26. The lowest BCUT2D eigenvalue weighted by Crippen LogP contribution is -2.35. The molecule has 0 radical (unpaired) electrons. The van der Waals surface area contributed by atoms with Gasteiger partial charge in [-0.2, -0.15) is 0 Å². The molecule has 0 bridgehead atoms. The highest BCUT2D eigenvalue weighted by Gasteiger charge is 2.27. The van der Waals surface area contributed by atoms with Crippen LogP contribution < -0.4 is 5.32 Å². The maximum atomic E-state index is 12.5. The van der Waals surface area contributed by atoms with Gasteiger partial charge >= 0.3 is 0 Å². The number of carbonyl (C=O) groups is 2. The first kappa shape index (κ1) is 17.4. The number of ketones is 1. The first-order valence-corrected chi connectivity index (χ1v) is 8.53. The van der Waals surface area contributed by atoms with Crippen LogP contribution in [0.1, 0.15) is 53.5 Å². The van der Waals surface area contributed by atoms with Gasteiger partial charge in [0.25, 0.3) is 5.91 Å². The number of aliphatic hydroxyl groups is 1. The van der Waals surface area contributed by atoms with Gasteiger partial charge in [0.1, 0.15) is 0 Å². The minimum Gasteiger partial charge on any atom is -0.393 e. The molecule has 3 rings (SSSR count). The van der Waals surface area contributed by atoms with Crippen LogP contribution in [0.15, 0.2) is 42.5 Å². The largest absolute Gasteiger partial charge is 0.393 e. The predicted molar refractivity (Wildman–Crippen MR) is 97.7 cm³/mol. The quantitative estimate of drug-likeness (QED) is 0.749. The molecule has 1 atom stereocenters. The van der Waals surface area contributed by atoms with Gasteiger partial charge in [-0.25, -0.2) is 0 Å². The number of fused-ring (bicyclic) bond motifs is 3. The molecule has 0 spiro atoms. The molecule has 0 aromatic heterocycles. The van der Waals surface area contributed by atoms with Gasteiger partial charge in [0.15, 0.2) is 5.78 Å². The van der Waals surface area contributed by atoms with E-state index in [0.717, 1.165) is 11.1 Å². The molecule has 1 unspecified atom stereocenters. The molecular formula is C21H23NO3. The number of amides is 1. The summed E-state index contributed by atoms with van der Waals surface area (Å²) in [6.45, 7) is 6.21. The summed E-state index contributed by atoms with van der Waals surface area (Å²) in [4.78, 5) is 25.0. The monoisotopic (exact) mass is 337 g/mol. The molecule has 0 saturated carbocycles. The number of aliphatic hydroxyl groups excluding tert-OH is 1. The molecular weight excluding hydrogens is 314 g/mol. The van der Waals surface area contributed by atoms with Crippen LogP contribution in [-0.4, -0.2) is 29.4 Å². The average Bonchev–Trinajstić information content (AvgIpc) is 2.84. The number of hydrogen-bond donors (Lipinski definition) is 2. The van der Waals surface area contributed by atoms with Gasteiger partial charge in [-0.05, 0) is 42.0 Å². The van der Waals surface area contributed by atoms with Crippen molar-refractivity contribution in [2.45, 2.75) is 33.3 Å². The second kappa shape index (κ2) is 6.45. The van der Waals surface area contributed by atoms with Crippen molar-refractivity contribution in [2.24, 2.45) is 5.41 Å². The minimum absolute atomic E-state index is 0.0327. The van der Waals surface area contributed by atoms with Gasteiger partial charge in [-0.3, -0.25) is 9.59 Å². The highest BCUT2D eigenvalue weighted by molar-refractivity contribution is 6.22. The van der Waals surface area contributed by atoms with E-state index >= 15 is 0 Å². The Kier molecular flexibility index (Phi) is 4.48. The molecule has 0 saturated heterocycles. The average molecular weight is 337 g/mol. The van der Waals surface area contributed by atoms with Crippen LogP contribution >= 0.6 is 0 Å². The zero-order valence-corrected chi connectivity index (χ0v) is 14.8. The zero-order chi connectivity index (χ0) is 18.2. The number of benzene rings is 2. The smallest absolute Gasteiger partial charge is 0.251 e. The lowest BCUT2D eigenvalue weighted by atomic mass is 9.87. The SMILES string of the molecule is CC(O)CC(C)(C)CNC(=O)c1ccc2c(c1)C(=O)c1ccccc1-2. The normalized spacial score (nSPS) is 14.0. The van der Waals surface area contributed by atoms with Crippen LogP contribution in [0.25, 0.3) is 11.1 Å². The fourth-order valence-electron chi connectivity index (χ4n) is 3.46. The predicted octanol–water partition coefficient (Wildman–Crippen LogP) is 3.42. The second-order valence-electron chi connectivity index (χ2n) is 7.54. The molecule has 1 amide bonds. The Balaban J connectivity index is 1.77. The van der Waals surface area contributed by atoms with E-state index in [0.29, 0.717) is 29.7 Å². The Labute approximate surface area is 147 Å². The minimum atomic E-state index is -0.414. The van der Waals surface area contributed by atoms with Crippen LogP contribution in [0.3, 0.4) is 0 Å². The highest BCUT2D eigenvalue weighted by atomic mass is 16.3. The van der Waals surface area contributed by atoms with Crippen molar-refractivity contribution in [3.63, 3.8) is 0 Å². The standard InChI is InChI=1S/C21H23NO3/c1-13(23)11-21(2,3)12-22-20(25)14-8-9-16-15-6-4-5-7-17(15)19(24)18(16)10-14/h4-10,13,23H,11-12H2,1-3H3,(H,22,25). The molecule has 130 valence electrons. The van der Waals surface area contributed by atoms with Gasteiger partial charge in [-0.15, -0.1) is 0 Å². The summed E-state index contributed by atoms with van der Waals surface area (Å²) < 4.78 is 0. The molecule has 2 aromatic carbocycles. The molecule has 2 aromatic rings. The summed E-state index contributed by atoms with van der Waals surface area (Å²) in [5, 5.41) is 12.5. The summed E-state index contributed by atoms with van der Waals surface area (Å²) in [6.07, 6.45) is 0.189. The molecule has 25 heavy (non-hydrogen) atoms. The van der Waals surface area contributed by atoms with E-state index in [4.69, 9.17) is 0 Å². The van der Waals surface area contributed by atoms with Crippen LogP contribution in [0.2, 0.25) is 0 Å². The Morgan fingerprint density at radius 1 is 1.08 bits per heavy atom. The van der Waals surface area contributed by atoms with Crippen molar-refractivity contribution >= 4 is 11.7 Å². The summed E-state index contributed by atoms with van der Waals surface area (Å²) in [5.41, 5.74) is 3.35. The Morgan fingerprint density at radius 3 is 2.40 bits per heavy atom. The van der Waals surface area contributed by atoms with E-state index in [9.17, 15) is 14.7 Å². The maximum Gasteiger partial charge on any atom is 0.251 e. The summed E-state index contributed by atoms with van der Waals surface area (Å²) >= 11 is 0. The van der Waals surface area contributed by atoms with Crippen LogP contribution in [0.4, 0.5) is 0 Å². The maximum absolute atomic E-state index is 12.5. The Hall–Kier alpha value is -2.46. The first-order valence-electron chi connectivity index (χ1n) is 8.53. The van der Waals surface area contributed by atoms with Crippen LogP contribution in [-0.2, 0) is 0 Å². The van der Waals surface area contributed by atoms with Crippen LogP contribution in [0, 0.1) is 5.41 Å². The summed E-state index contributed by atoms with van der Waals surface area (Å²) in [6, 6.07) is 12.8. The molecule has 4 heteroatoms. The van der Waals surface area contributed by atoms with Crippen molar-refractivity contribution in [1.82, 2.24) is 5.32 Å². The number of rotatable bonds is 5. The van der Waals surface area contributed by atoms with Crippen molar-refractivity contribution in [3.8, 4) is 11.1 Å². The zero-order valence-electron chi connectivity index (χ0n) is 14.8. The fourth-order valence-corrected chi connectivity index (χ4v) is 3.46. The van der Waals surface area contributed by atoms with E-state index in [1.165, 1.54) is 0 Å². The molecule has 1 aliphatic carbocycles. The molecule has 1 aliphatic rings. The first-order chi connectivity index (χ1) is 11.8. The third kappa shape index (κ3) is 3.49. The van der Waals surface area contributed by atoms with E-state index in [1.54, 1.807) is 19.1 Å². The summed E-state index contributed by atoms with van der Waals surface area (Å²) in [7, 11) is 0. The van der Waals surface area contributed by atoms with Crippen LogP contribution in [0.5, 0.6) is 0 Å². The van der Waals surface area contributed by atoms with Crippen molar-refractivity contribution in [3.05, 3.63) is 59.2 Å². The molecule has 0 aliphatic heterocycles. The van der Waals surface area contributed by atoms with Gasteiger partial charge in [-0.1, -0.05) is 44.2 Å². The van der Waals surface area contributed by atoms with Gasteiger partial charge in [0.2, 0.25) is 0 Å². The third-order valence-electron chi connectivity index (χ3n) is 4.56. The Bertz CT molecular complexity index is 837. The van der Waals surface area contributed by atoms with Gasteiger partial charge in [0, 0.05) is 23.2 Å². The number of hydrogen-bond acceptors (Lipinski definition) is 3. The molecule has 4 nitrogen and oxygen atoms in total. The van der Waals surface area contributed by atoms with E-state index in [-0.39, 0.29) is 17.1 Å². The Morgan fingerprint density at radius 2 is 1.72 bits per heavy atom. The number of nitrogens with one attached hydrogen (secondary N) is 1.